The van der Waals surface area contributed by atoms with E-state index < -0.39 is 0 Å². The summed E-state index contributed by atoms with van der Waals surface area (Å²) < 4.78 is 22.3. The van der Waals surface area contributed by atoms with E-state index in [0.29, 0.717) is 55.4 Å². The van der Waals surface area contributed by atoms with E-state index in [1.807, 2.05) is 4.90 Å². The molecule has 1 aromatic carbocycles. The minimum Gasteiger partial charge on any atom is -0.493 e. The topological polar surface area (TPSA) is 89.6 Å². The van der Waals surface area contributed by atoms with Crippen LogP contribution in [-0.2, 0) is 14.3 Å². The van der Waals surface area contributed by atoms with Crippen LogP contribution in [0.3, 0.4) is 0 Å². The lowest BCUT2D eigenvalue weighted by Crippen LogP contribution is -2.48. The number of hydrogen-bond acceptors (Lipinski definition) is 7. The molecule has 2 amide bonds. The lowest BCUT2D eigenvalue weighted by Gasteiger charge is -2.35. The Hall–Kier alpha value is -2.36. The Bertz CT molecular complexity index is 947. The summed E-state index contributed by atoms with van der Waals surface area (Å²) in [5.41, 5.74) is 0.581. The molecule has 1 N–H and O–H groups in total. The first-order valence-corrected chi connectivity index (χ1v) is 14.7. The summed E-state index contributed by atoms with van der Waals surface area (Å²) in [6.07, 6.45) is 5.53. The van der Waals surface area contributed by atoms with Gasteiger partial charge < -0.3 is 34.1 Å². The van der Waals surface area contributed by atoms with Gasteiger partial charge in [0.1, 0.15) is 6.10 Å². The molecule has 0 aromatic heterocycles. The molecule has 3 fully saturated rings. The minimum atomic E-state index is -0.290. The van der Waals surface area contributed by atoms with Crippen LogP contribution >= 0.6 is 0 Å². The van der Waals surface area contributed by atoms with Crippen LogP contribution in [0.25, 0.3) is 0 Å². The summed E-state index contributed by atoms with van der Waals surface area (Å²) in [6.45, 7) is 8.94. The first-order valence-electron chi connectivity index (χ1n) is 14.7. The smallest absolute Gasteiger partial charge is 0.254 e. The fourth-order valence-electron chi connectivity index (χ4n) is 5.65. The van der Waals surface area contributed by atoms with Crippen molar-refractivity contribution in [3.05, 3.63) is 23.8 Å². The van der Waals surface area contributed by atoms with Gasteiger partial charge in [0.05, 0.1) is 13.7 Å². The Morgan fingerprint density at radius 3 is 2.44 bits per heavy atom. The molecule has 1 unspecified atom stereocenters. The van der Waals surface area contributed by atoms with Crippen molar-refractivity contribution >= 4 is 11.8 Å². The number of rotatable bonds is 14. The summed E-state index contributed by atoms with van der Waals surface area (Å²) >= 11 is 0. The van der Waals surface area contributed by atoms with Crippen molar-refractivity contribution < 1.29 is 28.5 Å². The zero-order chi connectivity index (χ0) is 27.8. The Morgan fingerprint density at radius 2 is 1.79 bits per heavy atom. The van der Waals surface area contributed by atoms with Gasteiger partial charge in [0.2, 0.25) is 0 Å². The van der Waals surface area contributed by atoms with Gasteiger partial charge in [-0.05, 0) is 76.0 Å². The molecule has 4 rings (SSSR count). The zero-order valence-corrected chi connectivity index (χ0v) is 24.2. The van der Waals surface area contributed by atoms with Crippen LogP contribution in [0.15, 0.2) is 18.2 Å². The van der Waals surface area contributed by atoms with E-state index in [9.17, 15) is 9.59 Å². The summed E-state index contributed by atoms with van der Waals surface area (Å²) in [5, 5.41) is 3.53. The van der Waals surface area contributed by atoms with Crippen molar-refractivity contribution in [2.75, 3.05) is 60.2 Å². The van der Waals surface area contributed by atoms with Gasteiger partial charge in [-0.2, -0.15) is 0 Å². The van der Waals surface area contributed by atoms with Gasteiger partial charge in [-0.1, -0.05) is 0 Å². The van der Waals surface area contributed by atoms with Crippen LogP contribution < -0.4 is 14.8 Å². The van der Waals surface area contributed by atoms with Gasteiger partial charge in [0, 0.05) is 70.6 Å². The Labute approximate surface area is 233 Å². The molecule has 0 spiro atoms. The maximum Gasteiger partial charge on any atom is 0.254 e. The SMILES string of the molecule is COCCCOc1cc(C(=O)N(C[C@@H]2CNC[C@H]2CN(C(=O)C2CCCCO2)C2CC2)C(C)C)ccc1OC. The van der Waals surface area contributed by atoms with Crippen LogP contribution in [-0.4, -0.2) is 100 Å². The van der Waals surface area contributed by atoms with E-state index >= 15 is 0 Å². The monoisotopic (exact) mass is 545 g/mol. The predicted octanol–water partition coefficient (Wildman–Crippen LogP) is 3.36. The number of carbonyl (C=O) groups excluding carboxylic acids is 2. The van der Waals surface area contributed by atoms with E-state index in [0.717, 1.165) is 58.2 Å². The van der Waals surface area contributed by atoms with Crippen molar-refractivity contribution in [2.24, 2.45) is 11.8 Å². The van der Waals surface area contributed by atoms with Crippen molar-refractivity contribution in [1.82, 2.24) is 15.1 Å². The van der Waals surface area contributed by atoms with Gasteiger partial charge in [-0.3, -0.25) is 9.59 Å². The molecule has 9 nitrogen and oxygen atoms in total. The molecule has 1 aromatic rings. The average Bonchev–Trinajstić information content (AvgIpc) is 3.70. The van der Waals surface area contributed by atoms with Crippen molar-refractivity contribution in [1.29, 1.82) is 0 Å². The third kappa shape index (κ3) is 7.86. The van der Waals surface area contributed by atoms with Crippen LogP contribution in [0.2, 0.25) is 0 Å². The molecule has 3 aliphatic rings. The number of methoxy groups -OCH3 is 2. The number of ether oxygens (including phenoxy) is 4. The van der Waals surface area contributed by atoms with Crippen LogP contribution in [0.1, 0.15) is 62.7 Å². The lowest BCUT2D eigenvalue weighted by atomic mass is 9.93. The highest BCUT2D eigenvalue weighted by Gasteiger charge is 2.40. The van der Waals surface area contributed by atoms with E-state index in [-0.39, 0.29) is 29.9 Å². The summed E-state index contributed by atoms with van der Waals surface area (Å²) in [4.78, 5) is 31.2. The summed E-state index contributed by atoms with van der Waals surface area (Å²) in [6, 6.07) is 5.76. The Morgan fingerprint density at radius 1 is 1.03 bits per heavy atom. The highest BCUT2D eigenvalue weighted by Crippen LogP contribution is 2.33. The molecule has 1 aliphatic carbocycles. The number of amides is 2. The summed E-state index contributed by atoms with van der Waals surface area (Å²) in [7, 11) is 3.26. The molecule has 2 heterocycles. The first kappa shape index (κ1) is 29.6. The maximum atomic E-state index is 13.8. The van der Waals surface area contributed by atoms with Crippen molar-refractivity contribution in [3.63, 3.8) is 0 Å². The number of benzene rings is 1. The molecule has 0 radical (unpaired) electrons. The van der Waals surface area contributed by atoms with Crippen LogP contribution in [0.4, 0.5) is 0 Å². The predicted molar refractivity (Wildman–Crippen MR) is 149 cm³/mol. The number of carbonyl (C=O) groups is 2. The standard InChI is InChI=1S/C30H47N3O6/c1-21(2)32(29(34)22-9-12-26(37-4)28(16-22)39-15-7-13-36-3)19-23-17-31-18-24(23)20-33(25-10-11-25)30(35)27-8-5-6-14-38-27/h9,12,16,21,23-25,27,31H,5-8,10-11,13-15,17-20H2,1-4H3/t23-,24-,27?/m0/s1. The van der Waals surface area contributed by atoms with Crippen molar-refractivity contribution in [2.45, 2.75) is 70.6 Å². The van der Waals surface area contributed by atoms with E-state index in [1.54, 1.807) is 32.4 Å². The third-order valence-electron chi connectivity index (χ3n) is 8.11. The molecule has 9 heteroatoms. The number of nitrogens with one attached hydrogen (secondary N) is 1. The van der Waals surface area contributed by atoms with Gasteiger partial charge in [-0.15, -0.1) is 0 Å². The van der Waals surface area contributed by atoms with Crippen molar-refractivity contribution in [3.8, 4) is 11.5 Å². The second-order valence-electron chi connectivity index (χ2n) is 11.4. The van der Waals surface area contributed by atoms with Gasteiger partial charge >= 0.3 is 0 Å². The zero-order valence-electron chi connectivity index (χ0n) is 24.2. The molecule has 218 valence electrons. The molecule has 1 saturated carbocycles. The highest BCUT2D eigenvalue weighted by molar-refractivity contribution is 5.95. The van der Waals surface area contributed by atoms with Gasteiger partial charge in [0.25, 0.3) is 11.8 Å². The largest absolute Gasteiger partial charge is 0.493 e. The lowest BCUT2D eigenvalue weighted by molar-refractivity contribution is -0.148. The fraction of sp³-hybridized carbons (Fsp3) is 0.733. The van der Waals surface area contributed by atoms with Crippen LogP contribution in [0, 0.1) is 11.8 Å². The van der Waals surface area contributed by atoms with E-state index in [1.165, 1.54) is 0 Å². The van der Waals surface area contributed by atoms with Gasteiger partial charge in [0.15, 0.2) is 11.5 Å². The van der Waals surface area contributed by atoms with Gasteiger partial charge in [-0.25, -0.2) is 0 Å². The van der Waals surface area contributed by atoms with Crippen LogP contribution in [0.5, 0.6) is 11.5 Å². The fourth-order valence-corrected chi connectivity index (χ4v) is 5.65. The van der Waals surface area contributed by atoms with E-state index in [4.69, 9.17) is 18.9 Å². The molecular formula is C30H47N3O6. The Balaban J connectivity index is 1.43. The first-order chi connectivity index (χ1) is 18.9. The molecule has 0 bridgehead atoms. The maximum absolute atomic E-state index is 13.8. The quantitative estimate of drug-likeness (QED) is 0.359. The van der Waals surface area contributed by atoms with E-state index in [2.05, 4.69) is 24.1 Å². The molecule has 2 saturated heterocycles. The molecule has 39 heavy (non-hydrogen) atoms. The third-order valence-corrected chi connectivity index (χ3v) is 8.11. The second kappa shape index (κ2) is 14.3. The number of nitrogens with zero attached hydrogens (tertiary/aromatic N) is 2. The Kier molecular flexibility index (Phi) is 10.9. The number of hydrogen-bond donors (Lipinski definition) is 1. The average molecular weight is 546 g/mol. The molecule has 2 aliphatic heterocycles. The summed E-state index contributed by atoms with van der Waals surface area (Å²) in [5.74, 6) is 1.86. The highest BCUT2D eigenvalue weighted by atomic mass is 16.5. The molecular weight excluding hydrogens is 498 g/mol. The second-order valence-corrected chi connectivity index (χ2v) is 11.4. The minimum absolute atomic E-state index is 0.0224. The molecule has 3 atom stereocenters. The normalized spacial score (nSPS) is 23.1.